The summed E-state index contributed by atoms with van der Waals surface area (Å²) in [5.74, 6) is 0.958. The summed E-state index contributed by atoms with van der Waals surface area (Å²) in [6.45, 7) is 6.95. The maximum Gasteiger partial charge on any atom is 0.125 e. The van der Waals surface area contributed by atoms with E-state index in [0.717, 1.165) is 47.8 Å². The highest BCUT2D eigenvalue weighted by Gasteiger charge is 2.11. The molecule has 0 spiro atoms. The molecule has 0 aliphatic rings. The fraction of sp³-hybridized carbons (Fsp3) is 0.571. The Balaban J connectivity index is 0.00000289. The minimum atomic E-state index is 0. The molecule has 4 heteroatoms. The second kappa shape index (κ2) is 8.63. The van der Waals surface area contributed by atoms with Crippen molar-refractivity contribution in [1.29, 1.82) is 0 Å². The van der Waals surface area contributed by atoms with Gasteiger partial charge in [-0.25, -0.2) is 0 Å². The number of hydrogen-bond acceptors (Lipinski definition) is 2. The molecule has 2 N–H and O–H groups in total. The normalized spacial score (nSPS) is 11.8. The minimum absolute atomic E-state index is 0. The first-order valence-corrected chi connectivity index (χ1v) is 6.63. The molecule has 0 amide bonds. The molecule has 0 aliphatic carbocycles. The Labute approximate surface area is 121 Å². The Morgan fingerprint density at radius 1 is 1.33 bits per heavy atom. The van der Waals surface area contributed by atoms with E-state index in [-0.39, 0.29) is 18.4 Å². The molecule has 104 valence electrons. The van der Waals surface area contributed by atoms with E-state index in [1.807, 2.05) is 19.1 Å². The maximum atomic E-state index is 6.09. The summed E-state index contributed by atoms with van der Waals surface area (Å²) in [6.07, 6.45) is 2.77. The number of hydrogen-bond donors (Lipinski definition) is 1. The Bertz CT molecular complexity index is 369. The van der Waals surface area contributed by atoms with Gasteiger partial charge in [-0.1, -0.05) is 25.4 Å². The van der Waals surface area contributed by atoms with E-state index in [9.17, 15) is 0 Å². The van der Waals surface area contributed by atoms with Crippen molar-refractivity contribution in [3.8, 4) is 5.75 Å². The topological polar surface area (TPSA) is 35.2 Å². The standard InChI is InChI=1S/C14H22ClNO.ClH/c1-4-6-17-14-10(3)7-12(15)8-11(14)9-13(16)5-2;/h7-8,13H,4-6,9,16H2,1-3H3;1H. The van der Waals surface area contributed by atoms with Gasteiger partial charge in [-0.15, -0.1) is 12.4 Å². The lowest BCUT2D eigenvalue weighted by molar-refractivity contribution is 0.311. The number of benzene rings is 1. The molecule has 1 rings (SSSR count). The summed E-state index contributed by atoms with van der Waals surface area (Å²) in [7, 11) is 0. The summed E-state index contributed by atoms with van der Waals surface area (Å²) in [4.78, 5) is 0. The zero-order valence-electron chi connectivity index (χ0n) is 11.3. The maximum absolute atomic E-state index is 6.09. The lowest BCUT2D eigenvalue weighted by atomic mass is 10.0. The number of aryl methyl sites for hydroxylation is 1. The first-order chi connectivity index (χ1) is 8.08. The molecule has 0 fully saturated rings. The van der Waals surface area contributed by atoms with Crippen molar-refractivity contribution < 1.29 is 4.74 Å². The molecule has 0 radical (unpaired) electrons. The van der Waals surface area contributed by atoms with Gasteiger partial charge in [-0.3, -0.25) is 0 Å². The lowest BCUT2D eigenvalue weighted by Gasteiger charge is -2.16. The highest BCUT2D eigenvalue weighted by atomic mass is 35.5. The van der Waals surface area contributed by atoms with E-state index in [2.05, 4.69) is 13.8 Å². The molecule has 0 bridgehead atoms. The van der Waals surface area contributed by atoms with Crippen molar-refractivity contribution in [2.75, 3.05) is 6.61 Å². The van der Waals surface area contributed by atoms with Crippen molar-refractivity contribution in [3.63, 3.8) is 0 Å². The molecule has 0 aromatic heterocycles. The van der Waals surface area contributed by atoms with E-state index in [0.29, 0.717) is 0 Å². The molecule has 1 atom stereocenters. The fourth-order valence-corrected chi connectivity index (χ4v) is 2.08. The number of ether oxygens (including phenoxy) is 1. The van der Waals surface area contributed by atoms with Crippen LogP contribution < -0.4 is 10.5 Å². The number of rotatable bonds is 6. The van der Waals surface area contributed by atoms with E-state index >= 15 is 0 Å². The van der Waals surface area contributed by atoms with Crippen LogP contribution >= 0.6 is 24.0 Å². The van der Waals surface area contributed by atoms with Crippen LogP contribution in [0.15, 0.2) is 12.1 Å². The summed E-state index contributed by atoms with van der Waals surface area (Å²) < 4.78 is 5.80. The summed E-state index contributed by atoms with van der Waals surface area (Å²) in [6, 6.07) is 4.07. The minimum Gasteiger partial charge on any atom is -0.493 e. The Kier molecular flexibility index (Phi) is 8.41. The molecule has 0 saturated heterocycles. The smallest absolute Gasteiger partial charge is 0.125 e. The van der Waals surface area contributed by atoms with Gasteiger partial charge in [-0.2, -0.15) is 0 Å². The average molecular weight is 292 g/mol. The lowest BCUT2D eigenvalue weighted by Crippen LogP contribution is -2.22. The number of halogens is 2. The molecule has 1 unspecified atom stereocenters. The highest BCUT2D eigenvalue weighted by molar-refractivity contribution is 6.30. The molecule has 18 heavy (non-hydrogen) atoms. The van der Waals surface area contributed by atoms with Crippen molar-refractivity contribution in [1.82, 2.24) is 0 Å². The van der Waals surface area contributed by atoms with Gasteiger partial charge in [0.15, 0.2) is 0 Å². The third-order valence-electron chi connectivity index (χ3n) is 2.77. The molecular formula is C14H23Cl2NO. The monoisotopic (exact) mass is 291 g/mol. The largest absolute Gasteiger partial charge is 0.493 e. The Morgan fingerprint density at radius 2 is 2.00 bits per heavy atom. The van der Waals surface area contributed by atoms with Gasteiger partial charge in [-0.05, 0) is 49.4 Å². The quantitative estimate of drug-likeness (QED) is 0.855. The molecule has 1 aromatic rings. The molecule has 1 aromatic carbocycles. The average Bonchev–Trinajstić information content (AvgIpc) is 2.27. The molecule has 2 nitrogen and oxygen atoms in total. The predicted molar refractivity (Wildman–Crippen MR) is 81.2 cm³/mol. The third kappa shape index (κ3) is 5.05. The van der Waals surface area contributed by atoms with Crippen LogP contribution in [-0.4, -0.2) is 12.6 Å². The van der Waals surface area contributed by atoms with Crippen LogP contribution in [0.1, 0.15) is 37.8 Å². The second-order valence-electron chi connectivity index (χ2n) is 4.43. The van der Waals surface area contributed by atoms with Crippen LogP contribution in [0.25, 0.3) is 0 Å². The molecule has 0 heterocycles. The summed E-state index contributed by atoms with van der Waals surface area (Å²) >= 11 is 6.09. The highest BCUT2D eigenvalue weighted by Crippen LogP contribution is 2.29. The van der Waals surface area contributed by atoms with Crippen molar-refractivity contribution >= 4 is 24.0 Å². The van der Waals surface area contributed by atoms with Gasteiger partial charge in [0.25, 0.3) is 0 Å². The fourth-order valence-electron chi connectivity index (χ4n) is 1.79. The van der Waals surface area contributed by atoms with Crippen molar-refractivity contribution in [2.45, 2.75) is 46.1 Å². The molecule has 0 aliphatic heterocycles. The molecule has 0 saturated carbocycles. The first kappa shape index (κ1) is 17.6. The molecular weight excluding hydrogens is 269 g/mol. The van der Waals surface area contributed by atoms with Crippen molar-refractivity contribution in [2.24, 2.45) is 5.73 Å². The van der Waals surface area contributed by atoms with Crippen LogP contribution in [0.4, 0.5) is 0 Å². The van der Waals surface area contributed by atoms with Crippen LogP contribution in [0.3, 0.4) is 0 Å². The van der Waals surface area contributed by atoms with E-state index in [1.165, 1.54) is 0 Å². The zero-order chi connectivity index (χ0) is 12.8. The van der Waals surface area contributed by atoms with Gasteiger partial charge >= 0.3 is 0 Å². The van der Waals surface area contributed by atoms with Gasteiger partial charge in [0.1, 0.15) is 5.75 Å². The second-order valence-corrected chi connectivity index (χ2v) is 4.87. The van der Waals surface area contributed by atoms with Gasteiger partial charge in [0.05, 0.1) is 6.61 Å². The Hall–Kier alpha value is -0.440. The van der Waals surface area contributed by atoms with E-state index in [4.69, 9.17) is 22.1 Å². The van der Waals surface area contributed by atoms with Gasteiger partial charge < -0.3 is 10.5 Å². The summed E-state index contributed by atoms with van der Waals surface area (Å²) in [5, 5.41) is 0.754. The zero-order valence-corrected chi connectivity index (χ0v) is 12.9. The SMILES string of the molecule is CCCOc1c(C)cc(Cl)cc1CC(N)CC.Cl. The van der Waals surface area contributed by atoms with Gasteiger partial charge in [0.2, 0.25) is 0 Å². The summed E-state index contributed by atoms with van der Waals surface area (Å²) in [5.41, 5.74) is 8.21. The first-order valence-electron chi connectivity index (χ1n) is 6.25. The third-order valence-corrected chi connectivity index (χ3v) is 2.99. The van der Waals surface area contributed by atoms with E-state index in [1.54, 1.807) is 0 Å². The Morgan fingerprint density at radius 3 is 2.56 bits per heavy atom. The van der Waals surface area contributed by atoms with Crippen LogP contribution in [0, 0.1) is 6.92 Å². The predicted octanol–water partition coefficient (Wildman–Crippen LogP) is 4.14. The van der Waals surface area contributed by atoms with Crippen LogP contribution in [0.5, 0.6) is 5.75 Å². The van der Waals surface area contributed by atoms with Crippen LogP contribution in [-0.2, 0) is 6.42 Å². The van der Waals surface area contributed by atoms with Crippen molar-refractivity contribution in [3.05, 3.63) is 28.3 Å². The number of nitrogens with two attached hydrogens (primary N) is 1. The van der Waals surface area contributed by atoms with E-state index < -0.39 is 0 Å². The van der Waals surface area contributed by atoms with Gasteiger partial charge in [0, 0.05) is 11.1 Å². The van der Waals surface area contributed by atoms with Crippen LogP contribution in [0.2, 0.25) is 5.02 Å².